The third-order valence-electron chi connectivity index (χ3n) is 11.1. The average molecular weight is 529 g/mol. The number of rotatable bonds is 5. The van der Waals surface area contributed by atoms with E-state index < -0.39 is 63.4 Å². The monoisotopic (exact) mass is 528 g/mol. The van der Waals surface area contributed by atoms with Crippen molar-refractivity contribution in [1.82, 2.24) is 0 Å². The number of carbonyl (C=O) groups excluding carboxylic acids is 4. The Morgan fingerprint density at radius 1 is 1.05 bits per heavy atom. The van der Waals surface area contributed by atoms with E-state index >= 15 is 0 Å². The Balaban J connectivity index is 1.86. The number of carbonyl (C=O) groups is 5. The molecule has 8 heteroatoms. The number of carboxylic acids is 1. The van der Waals surface area contributed by atoms with Crippen LogP contribution in [0.25, 0.3) is 0 Å². The lowest BCUT2D eigenvalue weighted by Crippen LogP contribution is -2.64. The number of fused-ring (bicyclic) bond motifs is 4. The topological polar surface area (TPSA) is 146 Å². The van der Waals surface area contributed by atoms with E-state index in [2.05, 4.69) is 0 Å². The van der Waals surface area contributed by atoms with Crippen molar-refractivity contribution in [2.24, 2.45) is 39.4 Å². The number of Topliss-reactive ketones (excluding diaryl/α,β-unsaturated/α-hetero) is 3. The molecule has 8 nitrogen and oxygen atoms in total. The van der Waals surface area contributed by atoms with Gasteiger partial charge >= 0.3 is 5.97 Å². The van der Waals surface area contributed by atoms with Crippen LogP contribution in [-0.4, -0.2) is 56.6 Å². The first-order valence-electron chi connectivity index (χ1n) is 13.5. The van der Waals surface area contributed by atoms with E-state index in [-0.39, 0.29) is 54.2 Å². The summed E-state index contributed by atoms with van der Waals surface area (Å²) >= 11 is 0. The Hall–Kier alpha value is -2.45. The molecule has 0 aromatic heterocycles. The predicted octanol–water partition coefficient (Wildman–Crippen LogP) is 3.23. The van der Waals surface area contributed by atoms with Crippen molar-refractivity contribution < 1.29 is 39.3 Å². The van der Waals surface area contributed by atoms with Crippen LogP contribution in [0.4, 0.5) is 0 Å². The summed E-state index contributed by atoms with van der Waals surface area (Å²) in [6, 6.07) is 0. The number of aliphatic hydroxyl groups excluding tert-OH is 2. The van der Waals surface area contributed by atoms with Gasteiger partial charge in [0, 0.05) is 52.1 Å². The molecule has 0 bridgehead atoms. The second kappa shape index (κ2) is 8.78. The molecular weight excluding hydrogens is 488 g/mol. The first-order chi connectivity index (χ1) is 17.4. The molecule has 0 amide bonds. The second-order valence-electron chi connectivity index (χ2n) is 13.3. The third-order valence-corrected chi connectivity index (χ3v) is 11.1. The number of hydrogen-bond acceptors (Lipinski definition) is 7. The summed E-state index contributed by atoms with van der Waals surface area (Å²) in [4.78, 5) is 64.7. The smallest absolute Gasteiger partial charge is 0.306 e. The van der Waals surface area contributed by atoms with Crippen LogP contribution in [0.15, 0.2) is 22.8 Å². The molecule has 0 aromatic rings. The maximum absolute atomic E-state index is 14.1. The average Bonchev–Trinajstić information content (AvgIpc) is 3.03. The van der Waals surface area contributed by atoms with Gasteiger partial charge in [-0.3, -0.25) is 24.0 Å². The predicted molar refractivity (Wildman–Crippen MR) is 138 cm³/mol. The zero-order valence-electron chi connectivity index (χ0n) is 23.4. The molecule has 0 aliphatic heterocycles. The minimum Gasteiger partial charge on any atom is -0.481 e. The Kier molecular flexibility index (Phi) is 6.60. The van der Waals surface area contributed by atoms with E-state index in [1.165, 1.54) is 13.0 Å². The van der Waals surface area contributed by atoms with Gasteiger partial charge < -0.3 is 15.3 Å². The van der Waals surface area contributed by atoms with E-state index in [0.717, 1.165) is 0 Å². The van der Waals surface area contributed by atoms with E-state index in [0.29, 0.717) is 12.0 Å². The van der Waals surface area contributed by atoms with Crippen LogP contribution >= 0.6 is 0 Å². The fourth-order valence-corrected chi connectivity index (χ4v) is 8.51. The Bertz CT molecular complexity index is 1210. The summed E-state index contributed by atoms with van der Waals surface area (Å²) in [6.07, 6.45) is -0.559. The van der Waals surface area contributed by atoms with Crippen molar-refractivity contribution in [2.45, 2.75) is 92.8 Å². The molecule has 4 aliphatic rings. The van der Waals surface area contributed by atoms with E-state index in [1.54, 1.807) is 20.8 Å². The lowest BCUT2D eigenvalue weighted by Gasteiger charge is -2.60. The fraction of sp³-hybridized carbons (Fsp3) is 0.700. The Morgan fingerprint density at radius 2 is 1.66 bits per heavy atom. The summed E-state index contributed by atoms with van der Waals surface area (Å²) in [5.41, 5.74) is -3.08. The molecule has 2 fully saturated rings. The van der Waals surface area contributed by atoms with Crippen molar-refractivity contribution in [1.29, 1.82) is 0 Å². The molecule has 4 aliphatic carbocycles. The normalized spacial score (nSPS) is 41.4. The molecule has 0 spiro atoms. The van der Waals surface area contributed by atoms with Crippen molar-refractivity contribution in [2.75, 3.05) is 0 Å². The van der Waals surface area contributed by atoms with Crippen LogP contribution in [0, 0.1) is 39.4 Å². The van der Waals surface area contributed by atoms with Crippen LogP contribution in [-0.2, 0) is 24.0 Å². The van der Waals surface area contributed by atoms with Gasteiger partial charge in [0.2, 0.25) is 0 Å². The minimum atomic E-state index is -1.53. The molecule has 0 aromatic carbocycles. The van der Waals surface area contributed by atoms with Crippen molar-refractivity contribution in [3.05, 3.63) is 22.8 Å². The molecule has 3 N–H and O–H groups in total. The molecule has 0 heterocycles. The van der Waals surface area contributed by atoms with Gasteiger partial charge in [-0.25, -0.2) is 0 Å². The summed E-state index contributed by atoms with van der Waals surface area (Å²) in [6.45, 7) is 12.1. The maximum Gasteiger partial charge on any atom is 0.306 e. The molecule has 38 heavy (non-hydrogen) atoms. The molecule has 0 radical (unpaired) electrons. The van der Waals surface area contributed by atoms with Gasteiger partial charge in [-0.1, -0.05) is 47.1 Å². The number of ketones is 4. The molecule has 208 valence electrons. The lowest BCUT2D eigenvalue weighted by atomic mass is 9.42. The summed E-state index contributed by atoms with van der Waals surface area (Å²) in [5, 5.41) is 32.4. The van der Waals surface area contributed by atoms with Gasteiger partial charge in [-0.2, -0.15) is 0 Å². The zero-order valence-corrected chi connectivity index (χ0v) is 23.4. The highest BCUT2D eigenvalue weighted by Crippen LogP contribution is 2.70. The highest BCUT2D eigenvalue weighted by atomic mass is 16.4. The number of aliphatic hydroxyl groups is 2. The van der Waals surface area contributed by atoms with Crippen LogP contribution in [0.3, 0.4) is 0 Å². The van der Waals surface area contributed by atoms with E-state index in [1.807, 2.05) is 20.8 Å². The van der Waals surface area contributed by atoms with Gasteiger partial charge in [-0.05, 0) is 37.7 Å². The molecule has 2 saturated carbocycles. The number of aliphatic carboxylic acids is 1. The molecule has 0 saturated heterocycles. The number of hydrogen-bond donors (Lipinski definition) is 3. The fourth-order valence-electron chi connectivity index (χ4n) is 8.51. The van der Waals surface area contributed by atoms with Gasteiger partial charge in [0.05, 0.1) is 12.0 Å². The molecule has 1 unspecified atom stereocenters. The standard InChI is InChI=1S/C30H40O8/c1-14(10-16(31)11-15(2)26(37)38)17-12-21(34)30(7)22-18(32)13-19-27(3,4)20(33)8-9-28(19,5)23(22)24(35)25(36)29(17,30)6/h10,15,17,19,21,25,34,36H,8-9,11-13H2,1-7H3,(H,37,38)/b14-10-/t15?,17-,19+,21-,25+,28+,29+,30+/m1/s1. The van der Waals surface area contributed by atoms with Crippen molar-refractivity contribution in [3.8, 4) is 0 Å². The van der Waals surface area contributed by atoms with Gasteiger partial charge in [0.25, 0.3) is 0 Å². The minimum absolute atomic E-state index is 0.0558. The molecule has 8 atom stereocenters. The van der Waals surface area contributed by atoms with Crippen LogP contribution in [0.5, 0.6) is 0 Å². The highest BCUT2D eigenvalue weighted by Gasteiger charge is 2.73. The first-order valence-corrected chi connectivity index (χ1v) is 13.5. The van der Waals surface area contributed by atoms with E-state index in [9.17, 15) is 34.2 Å². The van der Waals surface area contributed by atoms with Crippen molar-refractivity contribution in [3.63, 3.8) is 0 Å². The number of allylic oxidation sites excluding steroid dienone is 2. The van der Waals surface area contributed by atoms with Crippen LogP contribution < -0.4 is 0 Å². The zero-order chi connectivity index (χ0) is 28.7. The molecule has 4 rings (SSSR count). The van der Waals surface area contributed by atoms with E-state index in [4.69, 9.17) is 5.11 Å². The lowest BCUT2D eigenvalue weighted by molar-refractivity contribution is -0.156. The Morgan fingerprint density at radius 3 is 2.24 bits per heavy atom. The first kappa shape index (κ1) is 28.6. The molecular formula is C30H40O8. The van der Waals surface area contributed by atoms with Crippen LogP contribution in [0.2, 0.25) is 0 Å². The largest absolute Gasteiger partial charge is 0.481 e. The van der Waals surface area contributed by atoms with Gasteiger partial charge in [0.15, 0.2) is 17.3 Å². The summed E-state index contributed by atoms with van der Waals surface area (Å²) in [5.74, 6) is -4.08. The third kappa shape index (κ3) is 3.52. The van der Waals surface area contributed by atoms with Crippen molar-refractivity contribution >= 4 is 29.1 Å². The van der Waals surface area contributed by atoms with Crippen LogP contribution in [0.1, 0.15) is 80.6 Å². The van der Waals surface area contributed by atoms with Gasteiger partial charge in [0.1, 0.15) is 11.9 Å². The summed E-state index contributed by atoms with van der Waals surface area (Å²) in [7, 11) is 0. The number of carboxylic acid groups (broad SMARTS) is 1. The SMILES string of the molecule is C/C(=C/C(=O)CC(C)C(=O)O)[C@H]1C[C@@H](O)[C@@]2(C)C3=C(C(=O)[C@H](O)[C@]12C)[C@@]1(C)CCC(=O)C(C)(C)[C@@H]1CC3=O. The maximum atomic E-state index is 14.1. The summed E-state index contributed by atoms with van der Waals surface area (Å²) < 4.78 is 0. The Labute approximate surface area is 223 Å². The van der Waals surface area contributed by atoms with Gasteiger partial charge in [-0.15, -0.1) is 0 Å². The highest BCUT2D eigenvalue weighted by molar-refractivity contribution is 6.14. The second-order valence-corrected chi connectivity index (χ2v) is 13.3. The quantitative estimate of drug-likeness (QED) is 0.461.